The van der Waals surface area contributed by atoms with Crippen molar-refractivity contribution < 1.29 is 13.2 Å². The molecule has 1 aliphatic heterocycles. The minimum Gasteiger partial charge on any atom is -0.369 e. The van der Waals surface area contributed by atoms with Crippen LogP contribution in [0.5, 0.6) is 0 Å². The molecule has 0 bridgehead atoms. The van der Waals surface area contributed by atoms with Gasteiger partial charge in [-0.25, -0.2) is 13.4 Å². The van der Waals surface area contributed by atoms with E-state index in [4.69, 9.17) is 5.73 Å². The van der Waals surface area contributed by atoms with Crippen molar-refractivity contribution in [3.63, 3.8) is 0 Å². The highest BCUT2D eigenvalue weighted by molar-refractivity contribution is 7.91. The van der Waals surface area contributed by atoms with Crippen molar-refractivity contribution in [3.8, 4) is 0 Å². The minimum atomic E-state index is -3.40. The van der Waals surface area contributed by atoms with Gasteiger partial charge in [0.1, 0.15) is 0 Å². The molecule has 0 aromatic carbocycles. The van der Waals surface area contributed by atoms with Gasteiger partial charge in [-0.3, -0.25) is 9.69 Å². The molecule has 1 amide bonds. The number of piperidine rings is 1. The molecule has 8 heteroatoms. The number of likely N-dealkylation sites (tertiary alicyclic amines) is 1. The Hall–Kier alpha value is -1.41. The zero-order chi connectivity index (χ0) is 20.7. The second-order valence-corrected chi connectivity index (χ2v) is 10.4. The highest BCUT2D eigenvalue weighted by Gasteiger charge is 2.27. The molecule has 1 aromatic rings. The molecule has 2 N–H and O–H groups in total. The molecule has 0 spiro atoms. The Labute approximate surface area is 169 Å². The van der Waals surface area contributed by atoms with E-state index in [1.165, 1.54) is 0 Å². The fourth-order valence-corrected chi connectivity index (χ4v) is 5.24. The molecule has 0 unspecified atom stereocenters. The van der Waals surface area contributed by atoms with Crippen LogP contribution in [0.4, 0.5) is 0 Å². The summed E-state index contributed by atoms with van der Waals surface area (Å²) >= 11 is 0. The first-order chi connectivity index (χ1) is 13.2. The molecular formula is C20H36N4O3S. The number of hydrogen-bond acceptors (Lipinski definition) is 5. The van der Waals surface area contributed by atoms with Gasteiger partial charge in [0.05, 0.1) is 23.6 Å². The maximum absolute atomic E-state index is 12.9. The monoisotopic (exact) mass is 412 g/mol. The lowest BCUT2D eigenvalue weighted by atomic mass is 9.97. The van der Waals surface area contributed by atoms with Crippen molar-refractivity contribution in [3.05, 3.63) is 11.9 Å². The van der Waals surface area contributed by atoms with Crippen LogP contribution in [0.1, 0.15) is 65.0 Å². The lowest BCUT2D eigenvalue weighted by molar-refractivity contribution is -0.123. The van der Waals surface area contributed by atoms with Gasteiger partial charge in [-0.1, -0.05) is 27.2 Å². The first-order valence-electron chi connectivity index (χ1n) is 10.5. The van der Waals surface area contributed by atoms with Crippen molar-refractivity contribution in [1.29, 1.82) is 0 Å². The Morgan fingerprint density at radius 2 is 2.11 bits per heavy atom. The highest BCUT2D eigenvalue weighted by atomic mass is 32.2. The number of carbonyl (C=O) groups is 1. The van der Waals surface area contributed by atoms with Gasteiger partial charge >= 0.3 is 0 Å². The zero-order valence-electron chi connectivity index (χ0n) is 17.6. The van der Waals surface area contributed by atoms with Crippen LogP contribution in [0, 0.1) is 11.8 Å². The van der Waals surface area contributed by atoms with E-state index >= 15 is 0 Å². The first-order valence-corrected chi connectivity index (χ1v) is 12.2. The average molecular weight is 413 g/mol. The number of aromatic nitrogens is 2. The molecule has 1 fully saturated rings. The fourth-order valence-electron chi connectivity index (χ4n) is 3.76. The van der Waals surface area contributed by atoms with E-state index in [1.54, 1.807) is 6.20 Å². The second kappa shape index (κ2) is 10.4. The number of primary amides is 1. The van der Waals surface area contributed by atoms with Crippen LogP contribution in [-0.4, -0.2) is 47.6 Å². The Morgan fingerprint density at radius 1 is 1.36 bits per heavy atom. The van der Waals surface area contributed by atoms with Gasteiger partial charge in [0, 0.05) is 19.6 Å². The molecule has 1 saturated heterocycles. The summed E-state index contributed by atoms with van der Waals surface area (Å²) in [6, 6.07) is 0. The van der Waals surface area contributed by atoms with Gasteiger partial charge in [0.15, 0.2) is 0 Å². The topological polar surface area (TPSA) is 98.3 Å². The van der Waals surface area contributed by atoms with Gasteiger partial charge in [0.25, 0.3) is 0 Å². The maximum atomic E-state index is 12.9. The van der Waals surface area contributed by atoms with Crippen LogP contribution in [0.3, 0.4) is 0 Å². The number of amides is 1. The van der Waals surface area contributed by atoms with E-state index in [2.05, 4.69) is 30.7 Å². The number of rotatable bonds is 11. The van der Waals surface area contributed by atoms with Gasteiger partial charge in [-0.05, 0) is 44.6 Å². The van der Waals surface area contributed by atoms with Crippen molar-refractivity contribution in [2.75, 3.05) is 18.8 Å². The lowest BCUT2D eigenvalue weighted by Crippen LogP contribution is -2.41. The van der Waals surface area contributed by atoms with Crippen LogP contribution < -0.4 is 5.73 Å². The third-order valence-electron chi connectivity index (χ3n) is 5.40. The summed E-state index contributed by atoms with van der Waals surface area (Å²) < 4.78 is 27.6. The number of nitrogens with two attached hydrogens (primary N) is 1. The molecule has 1 aliphatic rings. The van der Waals surface area contributed by atoms with E-state index in [9.17, 15) is 13.2 Å². The highest BCUT2D eigenvalue weighted by Crippen LogP contribution is 2.21. The van der Waals surface area contributed by atoms with Crippen LogP contribution in [0.2, 0.25) is 0 Å². The molecule has 2 rings (SSSR count). The number of nitrogens with zero attached hydrogens (tertiary/aromatic N) is 3. The normalized spacial score (nSPS) is 18.6. The minimum absolute atomic E-state index is 0.125. The molecule has 160 valence electrons. The molecule has 0 aliphatic carbocycles. The summed E-state index contributed by atoms with van der Waals surface area (Å²) in [5.74, 6) is 0.252. The fraction of sp³-hybridized carbons (Fsp3) is 0.800. The molecule has 0 radical (unpaired) electrons. The largest absolute Gasteiger partial charge is 0.369 e. The summed E-state index contributed by atoms with van der Waals surface area (Å²) in [6.45, 7) is 9.06. The molecule has 0 saturated carbocycles. The molecule has 1 atom stereocenters. The van der Waals surface area contributed by atoms with Gasteiger partial charge in [-0.2, -0.15) is 0 Å². The number of carbonyl (C=O) groups excluding carboxylic acids is 1. The molecule has 28 heavy (non-hydrogen) atoms. The predicted molar refractivity (Wildman–Crippen MR) is 110 cm³/mol. The molecule has 1 aromatic heterocycles. The Balaban J connectivity index is 2.17. The van der Waals surface area contributed by atoms with Gasteiger partial charge < -0.3 is 10.3 Å². The smallest absolute Gasteiger partial charge is 0.227 e. The lowest BCUT2D eigenvalue weighted by Gasteiger charge is -2.31. The van der Waals surface area contributed by atoms with E-state index in [0.717, 1.165) is 44.3 Å². The van der Waals surface area contributed by atoms with E-state index in [1.807, 2.05) is 4.57 Å². The van der Waals surface area contributed by atoms with E-state index < -0.39 is 9.84 Å². The standard InChI is InChI=1S/C20H36N4O3S/c1-4-5-11-24-18(15-23-10-6-9-17(14-23)19(21)25)13-22-20(24)28(26,27)12-7-8-16(2)3/h13,16-17H,4-12,14-15H2,1-3H3,(H2,21,25)/t17-/m0/s1. The maximum Gasteiger partial charge on any atom is 0.227 e. The van der Waals surface area contributed by atoms with Gasteiger partial charge in [-0.15, -0.1) is 0 Å². The molecular weight excluding hydrogens is 376 g/mol. The molecule has 2 heterocycles. The quantitative estimate of drug-likeness (QED) is 0.602. The number of unbranched alkanes of at least 4 members (excludes halogenated alkanes) is 1. The first kappa shape index (κ1) is 22.9. The zero-order valence-corrected chi connectivity index (χ0v) is 18.4. The number of hydrogen-bond donors (Lipinski definition) is 1. The average Bonchev–Trinajstić information content (AvgIpc) is 3.03. The SMILES string of the molecule is CCCCn1c(CN2CCC[C@H](C(N)=O)C2)cnc1S(=O)(=O)CCCC(C)C. The number of sulfone groups is 1. The summed E-state index contributed by atoms with van der Waals surface area (Å²) in [7, 11) is -3.40. The van der Waals surface area contributed by atoms with Crippen molar-refractivity contribution >= 4 is 15.7 Å². The van der Waals surface area contributed by atoms with Crippen LogP contribution >= 0.6 is 0 Å². The summed E-state index contributed by atoms with van der Waals surface area (Å²) in [4.78, 5) is 18.0. The predicted octanol–water partition coefficient (Wildman–Crippen LogP) is 2.59. The van der Waals surface area contributed by atoms with Crippen LogP contribution in [0.15, 0.2) is 11.4 Å². The third-order valence-corrected chi connectivity index (χ3v) is 7.11. The van der Waals surface area contributed by atoms with Crippen molar-refractivity contribution in [2.24, 2.45) is 17.6 Å². The van der Waals surface area contributed by atoms with E-state index in [-0.39, 0.29) is 22.7 Å². The third kappa shape index (κ3) is 6.30. The molecule has 7 nitrogen and oxygen atoms in total. The Kier molecular flexibility index (Phi) is 8.49. The van der Waals surface area contributed by atoms with Crippen LogP contribution in [0.25, 0.3) is 0 Å². The van der Waals surface area contributed by atoms with Crippen molar-refractivity contribution in [2.45, 2.75) is 77.5 Å². The Morgan fingerprint density at radius 3 is 2.75 bits per heavy atom. The second-order valence-electron chi connectivity index (χ2n) is 8.37. The summed E-state index contributed by atoms with van der Waals surface area (Å²) in [5.41, 5.74) is 6.39. The number of imidazole rings is 1. The summed E-state index contributed by atoms with van der Waals surface area (Å²) in [6.07, 6.45) is 6.89. The summed E-state index contributed by atoms with van der Waals surface area (Å²) in [5, 5.41) is 0.197. The van der Waals surface area contributed by atoms with Crippen molar-refractivity contribution in [1.82, 2.24) is 14.5 Å². The van der Waals surface area contributed by atoms with Crippen LogP contribution in [-0.2, 0) is 27.7 Å². The van der Waals surface area contributed by atoms with E-state index in [0.29, 0.717) is 32.0 Å². The Bertz CT molecular complexity index is 743. The van der Waals surface area contributed by atoms with Gasteiger partial charge in [0.2, 0.25) is 20.9 Å².